The summed E-state index contributed by atoms with van der Waals surface area (Å²) in [5.41, 5.74) is 5.51. The van der Waals surface area contributed by atoms with E-state index in [0.717, 1.165) is 0 Å². The maximum atomic E-state index is 5.51. The molecule has 0 bridgehead atoms. The maximum absolute atomic E-state index is 5.51. The van der Waals surface area contributed by atoms with Gasteiger partial charge in [0.1, 0.15) is 6.23 Å². The molecular weight excluding hydrogens is 118 g/mol. The number of hydrogen-bond donors (Lipinski definition) is 1. The van der Waals surface area contributed by atoms with Crippen molar-refractivity contribution in [1.29, 1.82) is 0 Å². The van der Waals surface area contributed by atoms with E-state index in [-0.39, 0.29) is 12.3 Å². The van der Waals surface area contributed by atoms with Gasteiger partial charge in [-0.15, -0.1) is 0 Å². The van der Waals surface area contributed by atoms with E-state index >= 15 is 0 Å². The molecule has 9 heavy (non-hydrogen) atoms. The highest BCUT2D eigenvalue weighted by molar-refractivity contribution is 4.72. The third-order valence-corrected chi connectivity index (χ3v) is 1.35. The van der Waals surface area contributed by atoms with Gasteiger partial charge >= 0.3 is 0 Å². The fourth-order valence-corrected chi connectivity index (χ4v) is 0.966. The van der Waals surface area contributed by atoms with Crippen molar-refractivity contribution < 1.29 is 9.47 Å². The Labute approximate surface area is 55.1 Å². The molecule has 1 aliphatic heterocycles. The van der Waals surface area contributed by atoms with Crippen LogP contribution in [-0.4, -0.2) is 18.1 Å². The molecule has 0 unspecified atom stereocenters. The summed E-state index contributed by atoms with van der Waals surface area (Å²) in [7, 11) is 0. The van der Waals surface area contributed by atoms with Crippen LogP contribution in [-0.2, 0) is 9.47 Å². The van der Waals surface area contributed by atoms with E-state index in [9.17, 15) is 0 Å². The van der Waals surface area contributed by atoms with Gasteiger partial charge in [-0.3, -0.25) is 0 Å². The van der Waals surface area contributed by atoms with E-state index in [1.165, 1.54) is 0 Å². The highest BCUT2D eigenvalue weighted by atomic mass is 16.8. The minimum atomic E-state index is -0.487. The van der Waals surface area contributed by atoms with Crippen molar-refractivity contribution in [3.8, 4) is 0 Å². The van der Waals surface area contributed by atoms with Crippen LogP contribution in [0.2, 0.25) is 0 Å². The molecule has 0 aromatic carbocycles. The molecule has 1 aliphatic rings. The summed E-state index contributed by atoms with van der Waals surface area (Å²) >= 11 is 0. The van der Waals surface area contributed by atoms with Crippen molar-refractivity contribution in [3.05, 3.63) is 0 Å². The lowest BCUT2D eigenvalue weighted by Crippen LogP contribution is -2.29. The largest absolute Gasteiger partial charge is 0.343 e. The van der Waals surface area contributed by atoms with E-state index in [0.29, 0.717) is 0 Å². The third kappa shape index (κ3) is 1.41. The Hall–Kier alpha value is -0.120. The van der Waals surface area contributed by atoms with Crippen LogP contribution < -0.4 is 5.73 Å². The summed E-state index contributed by atoms with van der Waals surface area (Å²) in [5.74, 6) is -0.487. The summed E-state index contributed by atoms with van der Waals surface area (Å²) < 4.78 is 10.5. The second kappa shape index (κ2) is 1.94. The molecule has 1 rings (SSSR count). The van der Waals surface area contributed by atoms with Gasteiger partial charge < -0.3 is 15.2 Å². The summed E-state index contributed by atoms with van der Waals surface area (Å²) in [6, 6.07) is 0. The molecule has 3 nitrogen and oxygen atoms in total. The van der Waals surface area contributed by atoms with Gasteiger partial charge in [0, 0.05) is 0 Å². The van der Waals surface area contributed by atoms with Crippen molar-refractivity contribution in [2.75, 3.05) is 0 Å². The Bertz CT molecular complexity index is 102. The first-order chi connectivity index (χ1) is 4.01. The minimum Gasteiger partial charge on any atom is -0.343 e. The molecule has 0 aliphatic carbocycles. The van der Waals surface area contributed by atoms with Crippen molar-refractivity contribution >= 4 is 0 Å². The minimum absolute atomic E-state index is 0.0139. The standard InChI is InChI=1S/C6H13NO2/c1-4-5(7)9-6(2,3)8-4/h4-5H,7H2,1-3H3/t4-,5-/m0/s1. The molecule has 0 spiro atoms. The van der Waals surface area contributed by atoms with Crippen molar-refractivity contribution in [2.45, 2.75) is 38.9 Å². The van der Waals surface area contributed by atoms with Gasteiger partial charge in [-0.1, -0.05) is 0 Å². The fraction of sp³-hybridized carbons (Fsp3) is 1.00. The molecule has 0 aromatic rings. The van der Waals surface area contributed by atoms with Gasteiger partial charge in [0.05, 0.1) is 6.10 Å². The summed E-state index contributed by atoms with van der Waals surface area (Å²) in [4.78, 5) is 0. The van der Waals surface area contributed by atoms with E-state index in [2.05, 4.69) is 0 Å². The molecule has 2 atom stereocenters. The zero-order valence-corrected chi connectivity index (χ0v) is 6.05. The molecule has 0 amide bonds. The van der Waals surface area contributed by atoms with Crippen molar-refractivity contribution in [1.82, 2.24) is 0 Å². The number of rotatable bonds is 0. The number of hydrogen-bond acceptors (Lipinski definition) is 3. The van der Waals surface area contributed by atoms with Crippen LogP contribution in [0.25, 0.3) is 0 Å². The van der Waals surface area contributed by atoms with E-state index in [1.54, 1.807) is 0 Å². The summed E-state index contributed by atoms with van der Waals surface area (Å²) in [6.07, 6.45) is -0.250. The van der Waals surface area contributed by atoms with Gasteiger partial charge in [-0.05, 0) is 20.8 Å². The maximum Gasteiger partial charge on any atom is 0.165 e. The molecular formula is C6H13NO2. The van der Waals surface area contributed by atoms with Crippen LogP contribution in [0, 0.1) is 0 Å². The Kier molecular flexibility index (Phi) is 1.50. The number of ether oxygens (including phenoxy) is 2. The first-order valence-corrected chi connectivity index (χ1v) is 3.12. The average Bonchev–Trinajstić information content (AvgIpc) is 1.79. The first-order valence-electron chi connectivity index (χ1n) is 3.12. The van der Waals surface area contributed by atoms with Crippen molar-refractivity contribution in [3.63, 3.8) is 0 Å². The Morgan fingerprint density at radius 3 is 2.00 bits per heavy atom. The van der Waals surface area contributed by atoms with Crippen LogP contribution in [0.1, 0.15) is 20.8 Å². The molecule has 0 radical (unpaired) electrons. The van der Waals surface area contributed by atoms with Gasteiger partial charge in [0.25, 0.3) is 0 Å². The topological polar surface area (TPSA) is 44.5 Å². The second-order valence-corrected chi connectivity index (χ2v) is 2.81. The lowest BCUT2D eigenvalue weighted by atomic mass is 10.4. The number of nitrogens with two attached hydrogens (primary N) is 1. The normalized spacial score (nSPS) is 41.3. The monoisotopic (exact) mass is 131 g/mol. The summed E-state index contributed by atoms with van der Waals surface area (Å²) in [5, 5.41) is 0. The highest BCUT2D eigenvalue weighted by Crippen LogP contribution is 2.24. The zero-order chi connectivity index (χ0) is 7.07. The molecule has 1 heterocycles. The smallest absolute Gasteiger partial charge is 0.165 e. The SMILES string of the molecule is C[C@@H]1OC(C)(C)O[C@@H]1N. The first kappa shape index (κ1) is 6.99. The Morgan fingerprint density at radius 1 is 1.33 bits per heavy atom. The van der Waals surface area contributed by atoms with Crippen LogP contribution in [0.15, 0.2) is 0 Å². The summed E-state index contributed by atoms with van der Waals surface area (Å²) in [6.45, 7) is 5.62. The molecule has 0 aromatic heterocycles. The predicted molar refractivity (Wildman–Crippen MR) is 33.7 cm³/mol. The van der Waals surface area contributed by atoms with Gasteiger partial charge in [-0.2, -0.15) is 0 Å². The van der Waals surface area contributed by atoms with Gasteiger partial charge in [0.2, 0.25) is 0 Å². The van der Waals surface area contributed by atoms with Crippen LogP contribution >= 0.6 is 0 Å². The van der Waals surface area contributed by atoms with Crippen LogP contribution in [0.3, 0.4) is 0 Å². The molecule has 54 valence electrons. The second-order valence-electron chi connectivity index (χ2n) is 2.81. The molecule has 3 heteroatoms. The quantitative estimate of drug-likeness (QED) is 0.519. The molecule has 1 saturated heterocycles. The molecule has 1 fully saturated rings. The lowest BCUT2D eigenvalue weighted by molar-refractivity contribution is -0.144. The Balaban J connectivity index is 2.54. The van der Waals surface area contributed by atoms with E-state index in [1.807, 2.05) is 20.8 Å². The van der Waals surface area contributed by atoms with E-state index in [4.69, 9.17) is 15.2 Å². The van der Waals surface area contributed by atoms with Crippen LogP contribution in [0.5, 0.6) is 0 Å². The molecule has 0 saturated carbocycles. The van der Waals surface area contributed by atoms with E-state index < -0.39 is 5.79 Å². The lowest BCUT2D eigenvalue weighted by Gasteiger charge is -2.15. The third-order valence-electron chi connectivity index (χ3n) is 1.35. The van der Waals surface area contributed by atoms with Crippen molar-refractivity contribution in [2.24, 2.45) is 5.73 Å². The average molecular weight is 131 g/mol. The van der Waals surface area contributed by atoms with Crippen LogP contribution in [0.4, 0.5) is 0 Å². The fourth-order valence-electron chi connectivity index (χ4n) is 0.966. The van der Waals surface area contributed by atoms with Gasteiger partial charge in [0.15, 0.2) is 5.79 Å². The highest BCUT2D eigenvalue weighted by Gasteiger charge is 2.36. The van der Waals surface area contributed by atoms with Gasteiger partial charge in [-0.25, -0.2) is 0 Å². The zero-order valence-electron chi connectivity index (χ0n) is 6.05. The molecule has 2 N–H and O–H groups in total. The Morgan fingerprint density at radius 2 is 1.89 bits per heavy atom. The predicted octanol–water partition coefficient (Wildman–Crippen LogP) is 0.443.